The zero-order chi connectivity index (χ0) is 24.0. The summed E-state index contributed by atoms with van der Waals surface area (Å²) in [7, 11) is 3.36. The van der Waals surface area contributed by atoms with Crippen molar-refractivity contribution in [2.75, 3.05) is 32.1 Å². The standard InChI is InChI=1S/C25H25N3O5/c1-26(2)22-13-12-19(16-23(22)28(32)33)24(30)20-10-6-7-11-21(20)25(31)27(14-15-29)17-18-8-4-3-5-9-18/h3-13,16,29H,14-15,17H2,1-2H3. The summed E-state index contributed by atoms with van der Waals surface area (Å²) in [5.74, 6) is -0.896. The Balaban J connectivity index is 1.98. The lowest BCUT2D eigenvalue weighted by molar-refractivity contribution is -0.384. The fourth-order valence-corrected chi connectivity index (χ4v) is 3.56. The minimum atomic E-state index is -0.536. The van der Waals surface area contributed by atoms with E-state index in [2.05, 4.69) is 0 Å². The van der Waals surface area contributed by atoms with Crippen LogP contribution in [-0.4, -0.2) is 53.9 Å². The van der Waals surface area contributed by atoms with Crippen LogP contribution < -0.4 is 4.90 Å². The molecule has 3 aromatic rings. The number of hydrogen-bond donors (Lipinski definition) is 1. The van der Waals surface area contributed by atoms with Gasteiger partial charge in [0.15, 0.2) is 5.78 Å². The van der Waals surface area contributed by atoms with Crippen molar-refractivity contribution in [3.63, 3.8) is 0 Å². The first-order valence-corrected chi connectivity index (χ1v) is 10.4. The molecule has 0 fully saturated rings. The first-order chi connectivity index (χ1) is 15.8. The second-order valence-corrected chi connectivity index (χ2v) is 7.67. The minimum absolute atomic E-state index is 0.0965. The molecule has 0 aromatic heterocycles. The lowest BCUT2D eigenvalue weighted by Gasteiger charge is -2.23. The Bertz CT molecular complexity index is 1160. The molecule has 0 unspecified atom stereocenters. The van der Waals surface area contributed by atoms with Crippen molar-refractivity contribution in [2.45, 2.75) is 6.54 Å². The highest BCUT2D eigenvalue weighted by Gasteiger charge is 2.25. The SMILES string of the molecule is CN(C)c1ccc(C(=O)c2ccccc2C(=O)N(CCO)Cc2ccccc2)cc1[N+](=O)[O-]. The van der Waals surface area contributed by atoms with Gasteiger partial charge in [-0.2, -0.15) is 0 Å². The molecule has 0 aliphatic heterocycles. The molecular weight excluding hydrogens is 422 g/mol. The van der Waals surface area contributed by atoms with E-state index in [-0.39, 0.29) is 42.1 Å². The van der Waals surface area contributed by atoms with Crippen LogP contribution in [0.15, 0.2) is 72.8 Å². The van der Waals surface area contributed by atoms with Gasteiger partial charge in [-0.25, -0.2) is 0 Å². The third kappa shape index (κ3) is 5.42. The minimum Gasteiger partial charge on any atom is -0.395 e. The largest absolute Gasteiger partial charge is 0.395 e. The van der Waals surface area contributed by atoms with Crippen LogP contribution in [0.2, 0.25) is 0 Å². The van der Waals surface area contributed by atoms with Gasteiger partial charge in [0.05, 0.1) is 17.1 Å². The Morgan fingerprint density at radius 2 is 1.58 bits per heavy atom. The predicted molar refractivity (Wildman–Crippen MR) is 126 cm³/mol. The van der Waals surface area contributed by atoms with Crippen LogP contribution in [0.4, 0.5) is 11.4 Å². The third-order valence-corrected chi connectivity index (χ3v) is 5.19. The number of anilines is 1. The van der Waals surface area contributed by atoms with Crippen LogP contribution in [-0.2, 0) is 6.54 Å². The molecule has 8 heteroatoms. The molecule has 0 aliphatic carbocycles. The van der Waals surface area contributed by atoms with Crippen LogP contribution in [0.25, 0.3) is 0 Å². The number of rotatable bonds is 9. The predicted octanol–water partition coefficient (Wildman–Crippen LogP) is 3.53. The molecule has 8 nitrogen and oxygen atoms in total. The van der Waals surface area contributed by atoms with Gasteiger partial charge >= 0.3 is 0 Å². The number of nitrogens with zero attached hydrogens (tertiary/aromatic N) is 3. The van der Waals surface area contributed by atoms with Crippen LogP contribution in [0.5, 0.6) is 0 Å². The second kappa shape index (κ2) is 10.5. The molecular formula is C25H25N3O5. The molecule has 0 spiro atoms. The normalized spacial score (nSPS) is 10.5. The summed E-state index contributed by atoms with van der Waals surface area (Å²) >= 11 is 0. The van der Waals surface area contributed by atoms with Gasteiger partial charge in [-0.3, -0.25) is 19.7 Å². The number of benzene rings is 3. The maximum Gasteiger partial charge on any atom is 0.293 e. The lowest BCUT2D eigenvalue weighted by Crippen LogP contribution is -2.34. The van der Waals surface area contributed by atoms with Crippen molar-refractivity contribution in [2.24, 2.45) is 0 Å². The molecule has 0 atom stereocenters. The summed E-state index contributed by atoms with van der Waals surface area (Å²) in [6.07, 6.45) is 0. The van der Waals surface area contributed by atoms with Gasteiger partial charge < -0.3 is 14.9 Å². The first kappa shape index (κ1) is 23.6. The molecule has 0 saturated carbocycles. The van der Waals surface area contributed by atoms with Gasteiger partial charge in [0.1, 0.15) is 5.69 Å². The molecule has 0 bridgehead atoms. The van der Waals surface area contributed by atoms with Crippen molar-refractivity contribution >= 4 is 23.1 Å². The van der Waals surface area contributed by atoms with Gasteiger partial charge in [-0.1, -0.05) is 48.5 Å². The number of nitro groups is 1. The number of aliphatic hydroxyl groups is 1. The monoisotopic (exact) mass is 447 g/mol. The Morgan fingerprint density at radius 3 is 2.18 bits per heavy atom. The summed E-state index contributed by atoms with van der Waals surface area (Å²) in [5.41, 5.74) is 1.50. The highest BCUT2D eigenvalue weighted by Crippen LogP contribution is 2.29. The van der Waals surface area contributed by atoms with E-state index in [9.17, 15) is 24.8 Å². The van der Waals surface area contributed by atoms with E-state index < -0.39 is 16.6 Å². The summed E-state index contributed by atoms with van der Waals surface area (Å²) in [6, 6.07) is 20.0. The topological polar surface area (TPSA) is 104 Å². The van der Waals surface area contributed by atoms with Gasteiger partial charge in [-0.05, 0) is 23.8 Å². The average Bonchev–Trinajstić information content (AvgIpc) is 2.83. The summed E-state index contributed by atoms with van der Waals surface area (Å²) in [4.78, 5) is 40.7. The number of nitro benzene ring substituents is 1. The number of aliphatic hydroxyl groups excluding tert-OH is 1. The van der Waals surface area contributed by atoms with Gasteiger partial charge in [0.25, 0.3) is 11.6 Å². The molecule has 3 rings (SSSR count). The summed E-state index contributed by atoms with van der Waals surface area (Å²) < 4.78 is 0. The molecule has 33 heavy (non-hydrogen) atoms. The zero-order valence-corrected chi connectivity index (χ0v) is 18.5. The van der Waals surface area contributed by atoms with Gasteiger partial charge in [0, 0.05) is 44.4 Å². The summed E-state index contributed by atoms with van der Waals surface area (Å²) in [6.45, 7) is 0.137. The van der Waals surface area contributed by atoms with E-state index in [0.29, 0.717) is 5.69 Å². The van der Waals surface area contributed by atoms with Crippen LogP contribution >= 0.6 is 0 Å². The fraction of sp³-hybridized carbons (Fsp3) is 0.200. The molecule has 3 aromatic carbocycles. The molecule has 0 heterocycles. The van der Waals surface area contributed by atoms with E-state index in [1.165, 1.54) is 29.2 Å². The Hall–Kier alpha value is -4.04. The lowest BCUT2D eigenvalue weighted by atomic mass is 9.96. The van der Waals surface area contributed by atoms with Crippen molar-refractivity contribution in [1.82, 2.24) is 4.90 Å². The zero-order valence-electron chi connectivity index (χ0n) is 18.5. The Labute approximate surface area is 191 Å². The number of amides is 1. The van der Waals surface area contributed by atoms with E-state index in [1.54, 1.807) is 37.2 Å². The smallest absolute Gasteiger partial charge is 0.293 e. The van der Waals surface area contributed by atoms with Crippen molar-refractivity contribution in [3.8, 4) is 0 Å². The Kier molecular flexibility index (Phi) is 7.53. The fourth-order valence-electron chi connectivity index (χ4n) is 3.56. The van der Waals surface area contributed by atoms with Crippen molar-refractivity contribution < 1.29 is 19.6 Å². The average molecular weight is 447 g/mol. The summed E-state index contributed by atoms with van der Waals surface area (Å²) in [5, 5.41) is 21.0. The molecule has 0 aliphatic rings. The third-order valence-electron chi connectivity index (χ3n) is 5.19. The van der Waals surface area contributed by atoms with E-state index in [1.807, 2.05) is 30.3 Å². The van der Waals surface area contributed by atoms with E-state index in [0.717, 1.165) is 5.56 Å². The van der Waals surface area contributed by atoms with Crippen LogP contribution in [0.1, 0.15) is 31.8 Å². The molecule has 0 radical (unpaired) electrons. The Morgan fingerprint density at radius 1 is 0.939 bits per heavy atom. The second-order valence-electron chi connectivity index (χ2n) is 7.67. The van der Waals surface area contributed by atoms with Crippen molar-refractivity contribution in [1.29, 1.82) is 0 Å². The molecule has 1 amide bonds. The maximum atomic E-state index is 13.4. The van der Waals surface area contributed by atoms with E-state index >= 15 is 0 Å². The quantitative estimate of drug-likeness (QED) is 0.306. The van der Waals surface area contributed by atoms with Gasteiger partial charge in [0.2, 0.25) is 0 Å². The highest BCUT2D eigenvalue weighted by atomic mass is 16.6. The molecule has 0 saturated heterocycles. The van der Waals surface area contributed by atoms with Crippen LogP contribution in [0, 0.1) is 10.1 Å². The first-order valence-electron chi connectivity index (χ1n) is 10.4. The van der Waals surface area contributed by atoms with Crippen molar-refractivity contribution in [3.05, 3.63) is 105 Å². The van der Waals surface area contributed by atoms with E-state index in [4.69, 9.17) is 0 Å². The molecule has 170 valence electrons. The number of carbonyl (C=O) groups is 2. The maximum absolute atomic E-state index is 13.4. The number of hydrogen-bond acceptors (Lipinski definition) is 6. The molecule has 1 N–H and O–H groups in total. The number of ketones is 1. The highest BCUT2D eigenvalue weighted by molar-refractivity contribution is 6.15. The number of carbonyl (C=O) groups excluding carboxylic acids is 2. The van der Waals surface area contributed by atoms with Gasteiger partial charge in [-0.15, -0.1) is 0 Å². The van der Waals surface area contributed by atoms with Crippen LogP contribution in [0.3, 0.4) is 0 Å².